The summed E-state index contributed by atoms with van der Waals surface area (Å²) in [6, 6.07) is 0.540. The van der Waals surface area contributed by atoms with Gasteiger partial charge in [-0.2, -0.15) is 0 Å². The molecule has 0 aromatic rings. The standard InChI is InChI=1S/C10H18N2O2/c1-2-5-12(6-7-13)10(14)8-11-9-3-4-9/h2,9,11,13H,1,3-8H2. The summed E-state index contributed by atoms with van der Waals surface area (Å²) in [5.74, 6) is 0.0332. The summed E-state index contributed by atoms with van der Waals surface area (Å²) in [5.41, 5.74) is 0. The lowest BCUT2D eigenvalue weighted by molar-refractivity contribution is -0.130. The average molecular weight is 198 g/mol. The molecule has 0 spiro atoms. The monoisotopic (exact) mass is 198 g/mol. The Morgan fingerprint density at radius 1 is 1.64 bits per heavy atom. The first kappa shape index (κ1) is 11.2. The van der Waals surface area contributed by atoms with Crippen molar-refractivity contribution in [2.75, 3.05) is 26.2 Å². The molecular weight excluding hydrogens is 180 g/mol. The third kappa shape index (κ3) is 3.89. The highest BCUT2D eigenvalue weighted by Crippen LogP contribution is 2.18. The highest BCUT2D eigenvalue weighted by Gasteiger charge is 2.22. The second-order valence-corrected chi connectivity index (χ2v) is 3.51. The van der Waals surface area contributed by atoms with Gasteiger partial charge in [0, 0.05) is 19.1 Å². The molecule has 0 aromatic heterocycles. The zero-order chi connectivity index (χ0) is 10.4. The second kappa shape index (κ2) is 5.78. The van der Waals surface area contributed by atoms with Gasteiger partial charge in [-0.05, 0) is 12.8 Å². The van der Waals surface area contributed by atoms with Crippen molar-refractivity contribution in [2.24, 2.45) is 0 Å². The molecule has 0 atom stereocenters. The molecule has 0 aliphatic heterocycles. The minimum atomic E-state index is 0.00298. The van der Waals surface area contributed by atoms with Crippen LogP contribution in [0.5, 0.6) is 0 Å². The summed E-state index contributed by atoms with van der Waals surface area (Å²) >= 11 is 0. The molecule has 2 N–H and O–H groups in total. The van der Waals surface area contributed by atoms with Gasteiger partial charge in [-0.3, -0.25) is 4.79 Å². The lowest BCUT2D eigenvalue weighted by Gasteiger charge is -2.20. The largest absolute Gasteiger partial charge is 0.395 e. The Hall–Kier alpha value is -0.870. The van der Waals surface area contributed by atoms with E-state index in [0.29, 0.717) is 25.7 Å². The molecule has 1 aliphatic rings. The van der Waals surface area contributed by atoms with E-state index >= 15 is 0 Å². The van der Waals surface area contributed by atoms with E-state index in [1.807, 2.05) is 0 Å². The van der Waals surface area contributed by atoms with Gasteiger partial charge in [-0.15, -0.1) is 6.58 Å². The maximum Gasteiger partial charge on any atom is 0.236 e. The van der Waals surface area contributed by atoms with Crippen molar-refractivity contribution in [3.8, 4) is 0 Å². The second-order valence-electron chi connectivity index (χ2n) is 3.51. The fraction of sp³-hybridized carbons (Fsp3) is 0.700. The van der Waals surface area contributed by atoms with Crippen molar-refractivity contribution in [1.82, 2.24) is 10.2 Å². The van der Waals surface area contributed by atoms with E-state index in [4.69, 9.17) is 5.11 Å². The van der Waals surface area contributed by atoms with E-state index in [9.17, 15) is 4.79 Å². The number of hydrogen-bond donors (Lipinski definition) is 2. The molecule has 1 rings (SSSR count). The predicted octanol–water partition coefficient (Wildman–Crippen LogP) is -0.255. The van der Waals surface area contributed by atoms with Crippen LogP contribution in [0.2, 0.25) is 0 Å². The molecule has 4 heteroatoms. The van der Waals surface area contributed by atoms with E-state index in [0.717, 1.165) is 0 Å². The van der Waals surface area contributed by atoms with Crippen molar-refractivity contribution < 1.29 is 9.90 Å². The number of nitrogens with zero attached hydrogens (tertiary/aromatic N) is 1. The number of aliphatic hydroxyl groups excluding tert-OH is 1. The number of aliphatic hydroxyl groups is 1. The summed E-state index contributed by atoms with van der Waals surface area (Å²) in [4.78, 5) is 13.2. The molecule has 0 radical (unpaired) electrons. The number of carbonyl (C=O) groups is 1. The molecule has 0 unspecified atom stereocenters. The van der Waals surface area contributed by atoms with E-state index in [1.54, 1.807) is 11.0 Å². The number of hydrogen-bond acceptors (Lipinski definition) is 3. The van der Waals surface area contributed by atoms with E-state index < -0.39 is 0 Å². The van der Waals surface area contributed by atoms with Gasteiger partial charge in [0.25, 0.3) is 0 Å². The van der Waals surface area contributed by atoms with Gasteiger partial charge in [0.1, 0.15) is 0 Å². The third-order valence-corrected chi connectivity index (χ3v) is 2.19. The molecule has 80 valence electrons. The molecule has 0 aromatic carbocycles. The summed E-state index contributed by atoms with van der Waals surface area (Å²) in [6.45, 7) is 4.85. The van der Waals surface area contributed by atoms with Gasteiger partial charge >= 0.3 is 0 Å². The Bertz CT molecular complexity index is 202. The topological polar surface area (TPSA) is 52.6 Å². The number of carbonyl (C=O) groups excluding carboxylic acids is 1. The highest BCUT2D eigenvalue weighted by atomic mass is 16.3. The van der Waals surface area contributed by atoms with Crippen LogP contribution in [0.4, 0.5) is 0 Å². The molecule has 1 fully saturated rings. The number of amides is 1. The van der Waals surface area contributed by atoms with Crippen LogP contribution in [-0.2, 0) is 4.79 Å². The summed E-state index contributed by atoms with van der Waals surface area (Å²) in [5, 5.41) is 11.9. The Kier molecular flexibility index (Phi) is 4.62. The molecule has 0 bridgehead atoms. The van der Waals surface area contributed by atoms with Crippen molar-refractivity contribution in [3.63, 3.8) is 0 Å². The van der Waals surface area contributed by atoms with E-state index in [1.165, 1.54) is 12.8 Å². The Morgan fingerprint density at radius 2 is 2.36 bits per heavy atom. The van der Waals surface area contributed by atoms with Gasteiger partial charge < -0.3 is 15.3 Å². The number of nitrogens with one attached hydrogen (secondary N) is 1. The summed E-state index contributed by atoms with van der Waals surface area (Å²) in [7, 11) is 0. The fourth-order valence-corrected chi connectivity index (χ4v) is 1.23. The van der Waals surface area contributed by atoms with E-state index in [-0.39, 0.29) is 12.5 Å². The van der Waals surface area contributed by atoms with Crippen LogP contribution in [0.3, 0.4) is 0 Å². The fourth-order valence-electron chi connectivity index (χ4n) is 1.23. The van der Waals surface area contributed by atoms with Crippen molar-refractivity contribution in [3.05, 3.63) is 12.7 Å². The zero-order valence-electron chi connectivity index (χ0n) is 8.41. The SMILES string of the molecule is C=CCN(CCO)C(=O)CNC1CC1. The van der Waals surface area contributed by atoms with Gasteiger partial charge in [0.15, 0.2) is 0 Å². The Labute approximate surface area is 84.6 Å². The zero-order valence-corrected chi connectivity index (χ0v) is 8.41. The van der Waals surface area contributed by atoms with Crippen molar-refractivity contribution >= 4 is 5.91 Å². The van der Waals surface area contributed by atoms with Crippen LogP contribution < -0.4 is 5.32 Å². The molecule has 0 saturated heterocycles. The molecule has 14 heavy (non-hydrogen) atoms. The molecular formula is C10H18N2O2. The molecule has 1 amide bonds. The third-order valence-electron chi connectivity index (χ3n) is 2.19. The van der Waals surface area contributed by atoms with Crippen LogP contribution in [0.15, 0.2) is 12.7 Å². The first-order valence-corrected chi connectivity index (χ1v) is 5.01. The van der Waals surface area contributed by atoms with Crippen molar-refractivity contribution in [2.45, 2.75) is 18.9 Å². The lowest BCUT2D eigenvalue weighted by Crippen LogP contribution is -2.40. The van der Waals surface area contributed by atoms with Gasteiger partial charge in [0.2, 0.25) is 5.91 Å². The number of rotatable bonds is 7. The molecule has 0 heterocycles. The summed E-state index contributed by atoms with van der Waals surface area (Å²) < 4.78 is 0. The average Bonchev–Trinajstić information content (AvgIpc) is 2.97. The minimum absolute atomic E-state index is 0.00298. The molecule has 1 saturated carbocycles. The van der Waals surface area contributed by atoms with Gasteiger partial charge in [-0.1, -0.05) is 6.08 Å². The van der Waals surface area contributed by atoms with Crippen LogP contribution in [0.25, 0.3) is 0 Å². The summed E-state index contributed by atoms with van der Waals surface area (Å²) in [6.07, 6.45) is 4.02. The first-order chi connectivity index (χ1) is 6.77. The maximum atomic E-state index is 11.6. The molecule has 1 aliphatic carbocycles. The Balaban J connectivity index is 2.23. The highest BCUT2D eigenvalue weighted by molar-refractivity contribution is 5.78. The Morgan fingerprint density at radius 3 is 2.86 bits per heavy atom. The van der Waals surface area contributed by atoms with Crippen LogP contribution in [0, 0.1) is 0 Å². The van der Waals surface area contributed by atoms with Gasteiger partial charge in [-0.25, -0.2) is 0 Å². The quantitative estimate of drug-likeness (QED) is 0.554. The van der Waals surface area contributed by atoms with Crippen LogP contribution in [-0.4, -0.2) is 48.2 Å². The maximum absolute atomic E-state index is 11.6. The van der Waals surface area contributed by atoms with Crippen LogP contribution in [0.1, 0.15) is 12.8 Å². The van der Waals surface area contributed by atoms with E-state index in [2.05, 4.69) is 11.9 Å². The lowest BCUT2D eigenvalue weighted by atomic mass is 10.4. The van der Waals surface area contributed by atoms with Crippen LogP contribution >= 0.6 is 0 Å². The van der Waals surface area contributed by atoms with Gasteiger partial charge in [0.05, 0.1) is 13.2 Å². The molecule has 4 nitrogen and oxygen atoms in total. The minimum Gasteiger partial charge on any atom is -0.395 e. The predicted molar refractivity (Wildman–Crippen MR) is 54.9 cm³/mol. The first-order valence-electron chi connectivity index (χ1n) is 5.01. The smallest absolute Gasteiger partial charge is 0.236 e. The van der Waals surface area contributed by atoms with Crippen molar-refractivity contribution in [1.29, 1.82) is 0 Å². The normalized spacial score (nSPS) is 15.2.